The molecule has 0 radical (unpaired) electrons. The summed E-state index contributed by atoms with van der Waals surface area (Å²) in [6.45, 7) is 8.97. The highest BCUT2D eigenvalue weighted by atomic mass is 16.5. The zero-order valence-electron chi connectivity index (χ0n) is 12.9. The first-order valence-electron chi connectivity index (χ1n) is 7.78. The van der Waals surface area contributed by atoms with Crippen LogP contribution in [0.5, 0.6) is 5.75 Å². The van der Waals surface area contributed by atoms with Crippen LogP contribution in [-0.2, 0) is 4.74 Å². The first kappa shape index (κ1) is 15.3. The number of nitrogens with one attached hydrogen (secondary N) is 1. The second-order valence-corrected chi connectivity index (χ2v) is 5.76. The summed E-state index contributed by atoms with van der Waals surface area (Å²) < 4.78 is 11.6. The van der Waals surface area contributed by atoms with E-state index < -0.39 is 0 Å². The maximum absolute atomic E-state index is 6.05. The van der Waals surface area contributed by atoms with Crippen LogP contribution in [0.25, 0.3) is 0 Å². The van der Waals surface area contributed by atoms with Crippen LogP contribution in [0.3, 0.4) is 0 Å². The zero-order valence-corrected chi connectivity index (χ0v) is 12.9. The SMILES string of the molecule is CCOc1cccc(C2OCCCC2CNC(C)C)c1. The number of hydrogen-bond acceptors (Lipinski definition) is 3. The molecule has 112 valence electrons. The molecule has 1 saturated heterocycles. The molecule has 0 aliphatic carbocycles. The quantitative estimate of drug-likeness (QED) is 0.862. The fourth-order valence-electron chi connectivity index (χ4n) is 2.76. The molecule has 3 heteroatoms. The minimum Gasteiger partial charge on any atom is -0.494 e. The van der Waals surface area contributed by atoms with Crippen molar-refractivity contribution in [1.29, 1.82) is 0 Å². The van der Waals surface area contributed by atoms with Crippen molar-refractivity contribution in [1.82, 2.24) is 5.32 Å². The summed E-state index contributed by atoms with van der Waals surface area (Å²) in [6, 6.07) is 8.87. The second kappa shape index (κ2) is 7.65. The van der Waals surface area contributed by atoms with Gasteiger partial charge in [0.15, 0.2) is 0 Å². The zero-order chi connectivity index (χ0) is 14.4. The molecule has 0 bridgehead atoms. The standard InChI is InChI=1S/C17H27NO2/c1-4-19-16-9-5-7-14(11-16)17-15(8-6-10-20-17)12-18-13(2)3/h5,7,9,11,13,15,17-18H,4,6,8,10,12H2,1-3H3. The molecule has 1 heterocycles. The minimum atomic E-state index is 0.190. The molecule has 1 aromatic carbocycles. The van der Waals surface area contributed by atoms with Gasteiger partial charge in [-0.25, -0.2) is 0 Å². The lowest BCUT2D eigenvalue weighted by Gasteiger charge is -2.33. The number of hydrogen-bond donors (Lipinski definition) is 1. The van der Waals surface area contributed by atoms with Crippen LogP contribution >= 0.6 is 0 Å². The van der Waals surface area contributed by atoms with Gasteiger partial charge < -0.3 is 14.8 Å². The van der Waals surface area contributed by atoms with Gasteiger partial charge in [-0.05, 0) is 37.5 Å². The molecule has 2 unspecified atom stereocenters. The summed E-state index contributed by atoms with van der Waals surface area (Å²) in [5.74, 6) is 1.48. The van der Waals surface area contributed by atoms with E-state index in [4.69, 9.17) is 9.47 Å². The van der Waals surface area contributed by atoms with E-state index in [0.29, 0.717) is 18.6 Å². The Labute approximate surface area is 122 Å². The Morgan fingerprint density at radius 3 is 3.00 bits per heavy atom. The van der Waals surface area contributed by atoms with Gasteiger partial charge in [0.1, 0.15) is 5.75 Å². The molecule has 1 aliphatic heterocycles. The predicted octanol–water partition coefficient (Wildman–Crippen LogP) is 3.55. The molecule has 3 nitrogen and oxygen atoms in total. The maximum Gasteiger partial charge on any atom is 0.119 e. The molecule has 2 atom stereocenters. The smallest absolute Gasteiger partial charge is 0.119 e. The van der Waals surface area contributed by atoms with Crippen LogP contribution in [0.2, 0.25) is 0 Å². The highest BCUT2D eigenvalue weighted by Crippen LogP contribution is 2.34. The lowest BCUT2D eigenvalue weighted by molar-refractivity contribution is -0.0283. The molecule has 2 rings (SSSR count). The van der Waals surface area contributed by atoms with E-state index in [2.05, 4.69) is 37.4 Å². The highest BCUT2D eigenvalue weighted by Gasteiger charge is 2.27. The molecule has 1 aliphatic rings. The first-order valence-corrected chi connectivity index (χ1v) is 7.78. The van der Waals surface area contributed by atoms with E-state index in [1.165, 1.54) is 12.0 Å². The second-order valence-electron chi connectivity index (χ2n) is 5.76. The molecule has 1 aromatic rings. The van der Waals surface area contributed by atoms with Crippen LogP contribution in [0.15, 0.2) is 24.3 Å². The molecule has 1 fully saturated rings. The van der Waals surface area contributed by atoms with Gasteiger partial charge in [-0.1, -0.05) is 26.0 Å². The molecule has 0 aromatic heterocycles. The molecular weight excluding hydrogens is 250 g/mol. The van der Waals surface area contributed by atoms with Crippen molar-refractivity contribution >= 4 is 0 Å². The van der Waals surface area contributed by atoms with E-state index in [-0.39, 0.29) is 6.10 Å². The van der Waals surface area contributed by atoms with Gasteiger partial charge in [-0.3, -0.25) is 0 Å². The first-order chi connectivity index (χ1) is 9.70. The lowest BCUT2D eigenvalue weighted by atomic mass is 9.89. The van der Waals surface area contributed by atoms with Crippen molar-refractivity contribution < 1.29 is 9.47 Å². The average molecular weight is 277 g/mol. The number of ether oxygens (including phenoxy) is 2. The minimum absolute atomic E-state index is 0.190. The van der Waals surface area contributed by atoms with E-state index in [0.717, 1.165) is 25.3 Å². The fraction of sp³-hybridized carbons (Fsp3) is 0.647. The summed E-state index contributed by atoms with van der Waals surface area (Å²) in [5.41, 5.74) is 1.24. The van der Waals surface area contributed by atoms with E-state index in [9.17, 15) is 0 Å². The summed E-state index contributed by atoms with van der Waals surface area (Å²) in [4.78, 5) is 0. The summed E-state index contributed by atoms with van der Waals surface area (Å²) in [5, 5.41) is 3.54. The van der Waals surface area contributed by atoms with Crippen LogP contribution < -0.4 is 10.1 Å². The Bertz CT molecular complexity index is 406. The van der Waals surface area contributed by atoms with Crippen molar-refractivity contribution in [3.05, 3.63) is 29.8 Å². The Morgan fingerprint density at radius 2 is 2.25 bits per heavy atom. The van der Waals surface area contributed by atoms with Crippen LogP contribution in [0.1, 0.15) is 45.3 Å². The lowest BCUT2D eigenvalue weighted by Crippen LogP contribution is -2.35. The Kier molecular flexibility index (Phi) is 5.86. The molecule has 0 saturated carbocycles. The van der Waals surface area contributed by atoms with Crippen LogP contribution in [-0.4, -0.2) is 25.8 Å². The monoisotopic (exact) mass is 277 g/mol. The predicted molar refractivity (Wildman–Crippen MR) is 82.2 cm³/mol. The Hall–Kier alpha value is -1.06. The van der Waals surface area contributed by atoms with Crippen LogP contribution in [0.4, 0.5) is 0 Å². The van der Waals surface area contributed by atoms with E-state index in [1.54, 1.807) is 0 Å². The van der Waals surface area contributed by atoms with Gasteiger partial charge in [0.25, 0.3) is 0 Å². The number of benzene rings is 1. The van der Waals surface area contributed by atoms with Crippen molar-refractivity contribution in [2.24, 2.45) is 5.92 Å². The Morgan fingerprint density at radius 1 is 1.40 bits per heavy atom. The van der Waals surface area contributed by atoms with Gasteiger partial charge in [-0.2, -0.15) is 0 Å². The van der Waals surface area contributed by atoms with Crippen molar-refractivity contribution in [2.75, 3.05) is 19.8 Å². The summed E-state index contributed by atoms with van der Waals surface area (Å²) in [6.07, 6.45) is 2.57. The normalized spacial score (nSPS) is 23.0. The van der Waals surface area contributed by atoms with E-state index in [1.807, 2.05) is 13.0 Å². The van der Waals surface area contributed by atoms with E-state index >= 15 is 0 Å². The molecule has 1 N–H and O–H groups in total. The number of rotatable bonds is 6. The third-order valence-corrected chi connectivity index (χ3v) is 3.73. The van der Waals surface area contributed by atoms with Gasteiger partial charge in [-0.15, -0.1) is 0 Å². The topological polar surface area (TPSA) is 30.5 Å². The van der Waals surface area contributed by atoms with Gasteiger partial charge in [0.05, 0.1) is 12.7 Å². The summed E-state index contributed by atoms with van der Waals surface area (Å²) >= 11 is 0. The Balaban J connectivity index is 2.08. The van der Waals surface area contributed by atoms with Gasteiger partial charge in [0.2, 0.25) is 0 Å². The average Bonchev–Trinajstić information content (AvgIpc) is 2.46. The third kappa shape index (κ3) is 4.22. The third-order valence-electron chi connectivity index (χ3n) is 3.73. The van der Waals surface area contributed by atoms with Crippen molar-refractivity contribution in [3.63, 3.8) is 0 Å². The highest BCUT2D eigenvalue weighted by molar-refractivity contribution is 5.30. The van der Waals surface area contributed by atoms with Gasteiger partial charge in [0, 0.05) is 25.1 Å². The van der Waals surface area contributed by atoms with Crippen molar-refractivity contribution in [2.45, 2.75) is 45.8 Å². The largest absolute Gasteiger partial charge is 0.494 e. The molecule has 0 spiro atoms. The van der Waals surface area contributed by atoms with Crippen LogP contribution in [0, 0.1) is 5.92 Å². The maximum atomic E-state index is 6.05. The summed E-state index contributed by atoms with van der Waals surface area (Å²) in [7, 11) is 0. The fourth-order valence-corrected chi connectivity index (χ4v) is 2.76. The van der Waals surface area contributed by atoms with Gasteiger partial charge >= 0.3 is 0 Å². The van der Waals surface area contributed by atoms with Crippen molar-refractivity contribution in [3.8, 4) is 5.75 Å². The molecule has 20 heavy (non-hydrogen) atoms. The molecule has 0 amide bonds. The molecular formula is C17H27NO2.